The molecule has 2 N–H and O–H groups in total. The highest BCUT2D eigenvalue weighted by Gasteiger charge is 2.14. The summed E-state index contributed by atoms with van der Waals surface area (Å²) in [6, 6.07) is 12.5. The highest BCUT2D eigenvalue weighted by atomic mass is 16.5. The molecule has 0 atom stereocenters. The average Bonchev–Trinajstić information content (AvgIpc) is 2.65. The van der Waals surface area contributed by atoms with E-state index in [1.165, 1.54) is 0 Å². The Balaban J connectivity index is 2.04. The zero-order valence-corrected chi connectivity index (χ0v) is 16.2. The van der Waals surface area contributed by atoms with E-state index < -0.39 is 0 Å². The van der Waals surface area contributed by atoms with Crippen LogP contribution in [0.15, 0.2) is 42.5 Å². The largest absolute Gasteiger partial charge is 0.497 e. The Morgan fingerprint density at radius 3 is 2.22 bits per heavy atom. The first-order valence-electron chi connectivity index (χ1n) is 8.84. The van der Waals surface area contributed by atoms with Crippen molar-refractivity contribution in [2.75, 3.05) is 19.5 Å². The van der Waals surface area contributed by atoms with Crippen LogP contribution >= 0.6 is 0 Å². The second-order valence-electron chi connectivity index (χ2n) is 6.44. The van der Waals surface area contributed by atoms with Gasteiger partial charge in [-0.25, -0.2) is 0 Å². The second-order valence-corrected chi connectivity index (χ2v) is 6.44. The highest BCUT2D eigenvalue weighted by Crippen LogP contribution is 2.23. The number of rotatable bonds is 8. The van der Waals surface area contributed by atoms with Gasteiger partial charge in [-0.05, 0) is 50.1 Å². The Kier molecular flexibility index (Phi) is 7.23. The summed E-state index contributed by atoms with van der Waals surface area (Å²) >= 11 is 0. The Morgan fingerprint density at radius 2 is 1.63 bits per heavy atom. The maximum atomic E-state index is 12.4. The summed E-state index contributed by atoms with van der Waals surface area (Å²) in [5.74, 6) is 0.987. The molecule has 0 unspecified atom stereocenters. The van der Waals surface area contributed by atoms with Gasteiger partial charge >= 0.3 is 0 Å². The summed E-state index contributed by atoms with van der Waals surface area (Å²) in [6.45, 7) is 3.78. The van der Waals surface area contributed by atoms with E-state index in [-0.39, 0.29) is 24.3 Å². The number of carbonyl (C=O) groups is 2. The standard InChI is InChI=1S/C21H26N2O4/c1-14(2)22-21(25)18-7-5-6-8-19(18)23-20(24)10-9-15-11-16(26-3)13-17(12-15)27-4/h5-8,11-14H,9-10H2,1-4H3,(H,22,25)(H,23,24). The van der Waals surface area contributed by atoms with Crippen LogP contribution in [0.4, 0.5) is 5.69 Å². The first-order valence-corrected chi connectivity index (χ1v) is 8.84. The van der Waals surface area contributed by atoms with Gasteiger partial charge < -0.3 is 20.1 Å². The first-order chi connectivity index (χ1) is 12.9. The maximum absolute atomic E-state index is 12.4. The minimum atomic E-state index is -0.210. The molecule has 0 aliphatic rings. The van der Waals surface area contributed by atoms with Gasteiger partial charge in [-0.2, -0.15) is 0 Å². The average molecular weight is 370 g/mol. The molecule has 144 valence electrons. The minimum absolute atomic E-state index is 0.0179. The molecule has 0 aliphatic carbocycles. The molecule has 0 bridgehead atoms. The molecular formula is C21H26N2O4. The van der Waals surface area contributed by atoms with Crippen molar-refractivity contribution in [1.82, 2.24) is 5.32 Å². The Morgan fingerprint density at radius 1 is 1.00 bits per heavy atom. The van der Waals surface area contributed by atoms with Crippen LogP contribution in [-0.2, 0) is 11.2 Å². The van der Waals surface area contributed by atoms with Crippen molar-refractivity contribution in [3.05, 3.63) is 53.6 Å². The predicted molar refractivity (Wildman–Crippen MR) is 106 cm³/mol. The van der Waals surface area contributed by atoms with Gasteiger partial charge in [0, 0.05) is 18.5 Å². The quantitative estimate of drug-likeness (QED) is 0.747. The molecule has 2 amide bonds. The number of benzene rings is 2. The lowest BCUT2D eigenvalue weighted by Gasteiger charge is -2.13. The van der Waals surface area contributed by atoms with Crippen LogP contribution in [-0.4, -0.2) is 32.1 Å². The molecular weight excluding hydrogens is 344 g/mol. The molecule has 6 nitrogen and oxygen atoms in total. The fourth-order valence-corrected chi connectivity index (χ4v) is 2.61. The van der Waals surface area contributed by atoms with Gasteiger partial charge in [-0.3, -0.25) is 9.59 Å². The normalized spacial score (nSPS) is 10.4. The van der Waals surface area contributed by atoms with E-state index in [9.17, 15) is 9.59 Å². The van der Waals surface area contributed by atoms with Crippen molar-refractivity contribution in [1.29, 1.82) is 0 Å². The lowest BCUT2D eigenvalue weighted by atomic mass is 10.1. The Hall–Kier alpha value is -3.02. The molecule has 0 heterocycles. The summed E-state index contributed by atoms with van der Waals surface area (Å²) in [5, 5.41) is 5.67. The van der Waals surface area contributed by atoms with Gasteiger partial charge in [0.05, 0.1) is 25.5 Å². The number of para-hydroxylation sites is 1. The van der Waals surface area contributed by atoms with Crippen LogP contribution in [0.25, 0.3) is 0 Å². The molecule has 0 spiro atoms. The third-order valence-corrected chi connectivity index (χ3v) is 3.92. The number of amides is 2. The third-order valence-electron chi connectivity index (χ3n) is 3.92. The van der Waals surface area contributed by atoms with E-state index in [1.807, 2.05) is 26.0 Å². The van der Waals surface area contributed by atoms with Crippen molar-refractivity contribution in [2.45, 2.75) is 32.7 Å². The number of carbonyl (C=O) groups excluding carboxylic acids is 2. The van der Waals surface area contributed by atoms with Gasteiger partial charge in [-0.1, -0.05) is 12.1 Å². The van der Waals surface area contributed by atoms with E-state index in [0.29, 0.717) is 29.2 Å². The number of nitrogens with one attached hydrogen (secondary N) is 2. The number of ether oxygens (including phenoxy) is 2. The molecule has 2 aromatic rings. The fraction of sp³-hybridized carbons (Fsp3) is 0.333. The Labute approximate surface area is 159 Å². The van der Waals surface area contributed by atoms with Crippen molar-refractivity contribution >= 4 is 17.5 Å². The molecule has 6 heteroatoms. The zero-order valence-electron chi connectivity index (χ0n) is 16.2. The van der Waals surface area contributed by atoms with Crippen LogP contribution < -0.4 is 20.1 Å². The van der Waals surface area contributed by atoms with Gasteiger partial charge in [0.1, 0.15) is 11.5 Å². The summed E-state index contributed by atoms with van der Waals surface area (Å²) in [6.07, 6.45) is 0.802. The number of aryl methyl sites for hydroxylation is 1. The summed E-state index contributed by atoms with van der Waals surface area (Å²) in [5.41, 5.74) is 1.89. The van der Waals surface area contributed by atoms with Crippen molar-refractivity contribution in [2.24, 2.45) is 0 Å². The zero-order chi connectivity index (χ0) is 19.8. The fourth-order valence-electron chi connectivity index (χ4n) is 2.61. The van der Waals surface area contributed by atoms with Crippen LogP contribution in [0.2, 0.25) is 0 Å². The van der Waals surface area contributed by atoms with Gasteiger partial charge in [-0.15, -0.1) is 0 Å². The first kappa shape index (κ1) is 20.3. The Bertz CT molecular complexity index is 780. The summed E-state index contributed by atoms with van der Waals surface area (Å²) in [4.78, 5) is 24.7. The SMILES string of the molecule is COc1cc(CCC(=O)Nc2ccccc2C(=O)NC(C)C)cc(OC)c1. The van der Waals surface area contributed by atoms with Crippen molar-refractivity contribution < 1.29 is 19.1 Å². The predicted octanol–water partition coefficient (Wildman–Crippen LogP) is 3.41. The molecule has 0 saturated carbocycles. The molecule has 2 rings (SSSR count). The molecule has 0 aliphatic heterocycles. The molecule has 0 saturated heterocycles. The second kappa shape index (κ2) is 9.62. The van der Waals surface area contributed by atoms with Crippen LogP contribution in [0.1, 0.15) is 36.2 Å². The van der Waals surface area contributed by atoms with E-state index in [2.05, 4.69) is 10.6 Å². The van der Waals surface area contributed by atoms with Crippen LogP contribution in [0.5, 0.6) is 11.5 Å². The van der Waals surface area contributed by atoms with E-state index in [0.717, 1.165) is 5.56 Å². The van der Waals surface area contributed by atoms with Gasteiger partial charge in [0.15, 0.2) is 0 Å². The minimum Gasteiger partial charge on any atom is -0.497 e. The summed E-state index contributed by atoms with van der Waals surface area (Å²) in [7, 11) is 3.18. The molecule has 0 radical (unpaired) electrons. The van der Waals surface area contributed by atoms with Crippen LogP contribution in [0.3, 0.4) is 0 Å². The smallest absolute Gasteiger partial charge is 0.253 e. The van der Waals surface area contributed by atoms with Crippen molar-refractivity contribution in [3.63, 3.8) is 0 Å². The lowest BCUT2D eigenvalue weighted by molar-refractivity contribution is -0.116. The van der Waals surface area contributed by atoms with Crippen molar-refractivity contribution in [3.8, 4) is 11.5 Å². The number of hydrogen-bond acceptors (Lipinski definition) is 4. The van der Waals surface area contributed by atoms with E-state index in [1.54, 1.807) is 44.6 Å². The number of hydrogen-bond donors (Lipinski definition) is 2. The van der Waals surface area contributed by atoms with E-state index >= 15 is 0 Å². The lowest BCUT2D eigenvalue weighted by Crippen LogP contribution is -2.31. The topological polar surface area (TPSA) is 76.7 Å². The monoisotopic (exact) mass is 370 g/mol. The molecule has 27 heavy (non-hydrogen) atoms. The highest BCUT2D eigenvalue weighted by molar-refractivity contribution is 6.03. The van der Waals surface area contributed by atoms with Gasteiger partial charge in [0.2, 0.25) is 5.91 Å². The third kappa shape index (κ3) is 6.02. The van der Waals surface area contributed by atoms with Crippen LogP contribution in [0, 0.1) is 0 Å². The molecule has 0 fully saturated rings. The number of methoxy groups -OCH3 is 2. The summed E-state index contributed by atoms with van der Waals surface area (Å²) < 4.78 is 10.5. The molecule has 0 aromatic heterocycles. The molecule has 2 aromatic carbocycles. The number of anilines is 1. The maximum Gasteiger partial charge on any atom is 0.253 e. The van der Waals surface area contributed by atoms with Gasteiger partial charge in [0.25, 0.3) is 5.91 Å². The van der Waals surface area contributed by atoms with E-state index in [4.69, 9.17) is 9.47 Å².